The van der Waals surface area contributed by atoms with E-state index in [-0.39, 0.29) is 51.9 Å². The molecule has 3 rings (SSSR count). The van der Waals surface area contributed by atoms with Gasteiger partial charge in [0.2, 0.25) is 0 Å². The molecule has 1 unspecified atom stereocenters. The summed E-state index contributed by atoms with van der Waals surface area (Å²) in [4.78, 5) is 45.6. The van der Waals surface area contributed by atoms with Gasteiger partial charge < -0.3 is 15.3 Å². The van der Waals surface area contributed by atoms with Crippen molar-refractivity contribution in [2.75, 3.05) is 39.3 Å². The third-order valence-electron chi connectivity index (χ3n) is 5.95. The highest BCUT2D eigenvalue weighted by atomic mass is 32.2. The minimum Gasteiger partial charge on any atom is -0.480 e. The number of carbonyl (C=O) groups is 3. The summed E-state index contributed by atoms with van der Waals surface area (Å²) in [5.41, 5.74) is 2.21. The van der Waals surface area contributed by atoms with E-state index in [9.17, 15) is 29.7 Å². The molecule has 0 saturated heterocycles. The molecule has 1 aliphatic rings. The molecule has 2 bridgehead atoms. The van der Waals surface area contributed by atoms with E-state index in [1.165, 1.54) is 0 Å². The number of carboxylic acid groups (broad SMARTS) is 3. The monoisotopic (exact) mass is 527 g/mol. The lowest BCUT2D eigenvalue weighted by Crippen LogP contribution is -2.50. The SMILES string of the molecule is N#CSc1ccc(CC2CN(CC(=O)O)CCN(CC(=O)O)Cc3cccc(n3)CN2CC(=O)O)cc1. The molecule has 196 valence electrons. The molecule has 0 radical (unpaired) electrons. The van der Waals surface area contributed by atoms with Crippen LogP contribution in [0.3, 0.4) is 0 Å². The van der Waals surface area contributed by atoms with Crippen molar-refractivity contribution in [3.8, 4) is 5.40 Å². The number of thiocyanates is 1. The lowest BCUT2D eigenvalue weighted by Gasteiger charge is -2.35. The summed E-state index contributed by atoms with van der Waals surface area (Å²) < 4.78 is 0. The van der Waals surface area contributed by atoms with E-state index in [0.29, 0.717) is 24.4 Å². The average molecular weight is 528 g/mol. The van der Waals surface area contributed by atoms with Gasteiger partial charge >= 0.3 is 17.9 Å². The highest BCUT2D eigenvalue weighted by molar-refractivity contribution is 8.03. The molecular formula is C25H29N5O6S. The third-order valence-corrected chi connectivity index (χ3v) is 6.55. The van der Waals surface area contributed by atoms with Gasteiger partial charge in [0.25, 0.3) is 0 Å². The summed E-state index contributed by atoms with van der Waals surface area (Å²) in [6.07, 6.45) is 0.444. The molecule has 0 fully saturated rings. The molecule has 0 aliphatic carbocycles. The second-order valence-electron chi connectivity index (χ2n) is 8.85. The molecule has 1 atom stereocenters. The first-order chi connectivity index (χ1) is 17.7. The van der Waals surface area contributed by atoms with Gasteiger partial charge in [-0.3, -0.25) is 34.1 Å². The van der Waals surface area contributed by atoms with E-state index in [4.69, 9.17) is 5.26 Å². The Balaban J connectivity index is 1.98. The number of fused-ring (bicyclic) bond motifs is 2. The van der Waals surface area contributed by atoms with E-state index in [0.717, 1.165) is 22.2 Å². The number of pyridine rings is 1. The molecular weight excluding hydrogens is 498 g/mol. The highest BCUT2D eigenvalue weighted by Crippen LogP contribution is 2.20. The van der Waals surface area contributed by atoms with Crippen LogP contribution in [0.2, 0.25) is 0 Å². The van der Waals surface area contributed by atoms with Gasteiger partial charge in [-0.1, -0.05) is 18.2 Å². The van der Waals surface area contributed by atoms with Gasteiger partial charge in [-0.2, -0.15) is 5.26 Å². The van der Waals surface area contributed by atoms with Crippen molar-refractivity contribution in [3.63, 3.8) is 0 Å². The first-order valence-corrected chi connectivity index (χ1v) is 12.5. The molecule has 12 heteroatoms. The topological polar surface area (TPSA) is 158 Å². The number of nitrogens with zero attached hydrogens (tertiary/aromatic N) is 5. The first kappa shape index (κ1) is 28.1. The van der Waals surface area contributed by atoms with Crippen molar-refractivity contribution in [3.05, 3.63) is 59.4 Å². The van der Waals surface area contributed by atoms with Crippen molar-refractivity contribution in [1.82, 2.24) is 19.7 Å². The smallest absolute Gasteiger partial charge is 0.317 e. The van der Waals surface area contributed by atoms with Crippen LogP contribution in [0, 0.1) is 10.7 Å². The maximum absolute atomic E-state index is 11.8. The molecule has 3 N–H and O–H groups in total. The molecule has 11 nitrogen and oxygen atoms in total. The lowest BCUT2D eigenvalue weighted by atomic mass is 10.0. The highest BCUT2D eigenvalue weighted by Gasteiger charge is 2.27. The predicted molar refractivity (Wildman–Crippen MR) is 135 cm³/mol. The van der Waals surface area contributed by atoms with Crippen molar-refractivity contribution < 1.29 is 29.7 Å². The van der Waals surface area contributed by atoms with Crippen LogP contribution in [0.15, 0.2) is 47.4 Å². The van der Waals surface area contributed by atoms with Gasteiger partial charge in [-0.25, -0.2) is 0 Å². The Hall–Kier alpha value is -3.50. The quantitative estimate of drug-likeness (QED) is 0.319. The second kappa shape index (κ2) is 13.7. The molecule has 0 amide bonds. The first-order valence-electron chi connectivity index (χ1n) is 11.7. The van der Waals surface area contributed by atoms with Crippen LogP contribution < -0.4 is 0 Å². The Kier molecular flexibility index (Phi) is 10.4. The maximum atomic E-state index is 11.8. The van der Waals surface area contributed by atoms with Crippen molar-refractivity contribution in [2.24, 2.45) is 0 Å². The van der Waals surface area contributed by atoms with Crippen molar-refractivity contribution in [1.29, 1.82) is 5.26 Å². The van der Waals surface area contributed by atoms with Crippen LogP contribution in [-0.4, -0.2) is 98.2 Å². The number of hydrogen-bond donors (Lipinski definition) is 3. The summed E-state index contributed by atoms with van der Waals surface area (Å²) >= 11 is 1.04. The van der Waals surface area contributed by atoms with E-state index in [2.05, 4.69) is 4.98 Å². The predicted octanol–water partition coefficient (Wildman–Crippen LogP) is 1.44. The lowest BCUT2D eigenvalue weighted by molar-refractivity contribution is -0.141. The summed E-state index contributed by atoms with van der Waals surface area (Å²) in [5.74, 6) is -3.02. The van der Waals surface area contributed by atoms with E-state index >= 15 is 0 Å². The number of benzene rings is 1. The van der Waals surface area contributed by atoms with Gasteiger partial charge in [0.05, 0.1) is 31.0 Å². The Morgan fingerprint density at radius 3 is 2.11 bits per heavy atom. The zero-order chi connectivity index (χ0) is 26.8. The Labute approximate surface area is 218 Å². The fourth-order valence-electron chi connectivity index (χ4n) is 4.37. The summed E-state index contributed by atoms with van der Waals surface area (Å²) in [6, 6.07) is 12.4. The van der Waals surface area contributed by atoms with Crippen molar-refractivity contribution in [2.45, 2.75) is 30.4 Å². The standard InChI is InChI=1S/C25H29N5O6S/c26-17-37-22-6-4-18(5-7-22)10-21-13-29(15-24(33)34)9-8-28(14-23(31)32)11-19-2-1-3-20(27-19)12-30(21)16-25(35)36/h1-7,21H,8-16H2,(H,31,32)(H,33,34)(H,35,36). The Morgan fingerprint density at radius 1 is 0.892 bits per heavy atom. The molecule has 1 aromatic heterocycles. The Bertz CT molecular complexity index is 1140. The number of aliphatic carboxylic acids is 3. The second-order valence-corrected chi connectivity index (χ2v) is 9.71. The minimum atomic E-state index is -1.02. The van der Waals surface area contributed by atoms with E-state index in [1.807, 2.05) is 35.7 Å². The summed E-state index contributed by atoms with van der Waals surface area (Å²) in [7, 11) is 0. The van der Waals surface area contributed by atoms with E-state index < -0.39 is 17.9 Å². The fourth-order valence-corrected chi connectivity index (χ4v) is 4.75. The van der Waals surface area contributed by atoms with Crippen LogP contribution in [0.4, 0.5) is 0 Å². The number of hydrogen-bond acceptors (Lipinski definition) is 9. The summed E-state index contributed by atoms with van der Waals surface area (Å²) in [6.45, 7) is 0.614. The normalized spacial score (nSPS) is 17.8. The van der Waals surface area contributed by atoms with Crippen LogP contribution in [-0.2, 0) is 33.9 Å². The molecule has 37 heavy (non-hydrogen) atoms. The van der Waals surface area contributed by atoms with Gasteiger partial charge in [0.1, 0.15) is 5.40 Å². The van der Waals surface area contributed by atoms with E-state index in [1.54, 1.807) is 26.8 Å². The molecule has 0 saturated carbocycles. The molecule has 2 aromatic rings. The molecule has 1 aromatic carbocycles. The van der Waals surface area contributed by atoms with Gasteiger partial charge in [-0.15, -0.1) is 0 Å². The number of thioether (sulfide) groups is 1. The number of aromatic nitrogens is 1. The minimum absolute atomic E-state index is 0.214. The third kappa shape index (κ3) is 9.47. The Morgan fingerprint density at radius 2 is 1.49 bits per heavy atom. The number of nitriles is 1. The van der Waals surface area contributed by atoms with Gasteiger partial charge in [0, 0.05) is 43.7 Å². The molecule has 0 spiro atoms. The summed E-state index contributed by atoms with van der Waals surface area (Å²) in [5, 5.41) is 39.5. The van der Waals surface area contributed by atoms with Crippen molar-refractivity contribution >= 4 is 29.7 Å². The van der Waals surface area contributed by atoms with Crippen LogP contribution in [0.25, 0.3) is 0 Å². The molecule has 2 heterocycles. The maximum Gasteiger partial charge on any atom is 0.317 e. The van der Waals surface area contributed by atoms with Gasteiger partial charge in [0.15, 0.2) is 0 Å². The average Bonchev–Trinajstić information content (AvgIpc) is 2.81. The molecule has 1 aliphatic heterocycles. The number of carboxylic acids is 3. The number of rotatable bonds is 9. The largest absolute Gasteiger partial charge is 0.480 e. The van der Waals surface area contributed by atoms with Crippen LogP contribution in [0.1, 0.15) is 17.0 Å². The van der Waals surface area contributed by atoms with Gasteiger partial charge in [-0.05, 0) is 48.0 Å². The zero-order valence-electron chi connectivity index (χ0n) is 20.2. The zero-order valence-corrected chi connectivity index (χ0v) is 21.0. The van der Waals surface area contributed by atoms with Crippen LogP contribution in [0.5, 0.6) is 0 Å². The van der Waals surface area contributed by atoms with Crippen LogP contribution >= 0.6 is 11.8 Å². The fraction of sp³-hybridized carbons (Fsp3) is 0.400.